The number of benzene rings is 1. The molecule has 8 nitrogen and oxygen atoms in total. The molecule has 0 unspecified atom stereocenters. The van der Waals surface area contributed by atoms with E-state index >= 15 is 0 Å². The van der Waals surface area contributed by atoms with Crippen LogP contribution in [-0.4, -0.2) is 25.6 Å². The summed E-state index contributed by atoms with van der Waals surface area (Å²) in [5, 5.41) is 12.5. The van der Waals surface area contributed by atoms with Gasteiger partial charge in [0.25, 0.3) is 0 Å². The Bertz CT molecular complexity index is 1430. The van der Waals surface area contributed by atoms with Crippen molar-refractivity contribution < 1.29 is 9.32 Å². The third-order valence-electron chi connectivity index (χ3n) is 5.41. The van der Waals surface area contributed by atoms with Gasteiger partial charge in [0, 0.05) is 46.9 Å². The SMILES string of the molecule is CC(C)(C)c1cc(NC(=O)NCc2ccc(-c3cnc4cc(-c5nccs5)ccn34)cc2)on1. The molecule has 0 spiro atoms. The number of hydrogen-bond acceptors (Lipinski definition) is 6. The fourth-order valence-corrected chi connectivity index (χ4v) is 4.15. The minimum absolute atomic E-state index is 0.147. The number of aromatic nitrogens is 4. The number of nitrogens with zero attached hydrogens (tertiary/aromatic N) is 4. The van der Waals surface area contributed by atoms with Crippen molar-refractivity contribution in [2.45, 2.75) is 32.7 Å². The molecule has 4 heterocycles. The van der Waals surface area contributed by atoms with Crippen LogP contribution in [0.2, 0.25) is 0 Å². The Balaban J connectivity index is 1.23. The largest absolute Gasteiger partial charge is 0.338 e. The third-order valence-corrected chi connectivity index (χ3v) is 6.23. The van der Waals surface area contributed by atoms with Gasteiger partial charge in [-0.25, -0.2) is 14.8 Å². The first-order chi connectivity index (χ1) is 16.4. The molecule has 2 amide bonds. The van der Waals surface area contributed by atoms with E-state index in [0.717, 1.165) is 38.7 Å². The van der Waals surface area contributed by atoms with Gasteiger partial charge in [-0.1, -0.05) is 50.2 Å². The average Bonchev–Trinajstić information content (AvgIpc) is 3.58. The fraction of sp³-hybridized carbons (Fsp3) is 0.200. The number of amides is 2. The van der Waals surface area contributed by atoms with Crippen LogP contribution in [0.1, 0.15) is 32.0 Å². The van der Waals surface area contributed by atoms with Gasteiger partial charge >= 0.3 is 6.03 Å². The van der Waals surface area contributed by atoms with E-state index in [1.807, 2.05) is 74.9 Å². The molecule has 0 saturated carbocycles. The molecule has 1 aromatic carbocycles. The first kappa shape index (κ1) is 21.8. The molecule has 0 saturated heterocycles. The van der Waals surface area contributed by atoms with Crippen molar-refractivity contribution in [3.63, 3.8) is 0 Å². The van der Waals surface area contributed by atoms with E-state index in [2.05, 4.69) is 30.2 Å². The van der Waals surface area contributed by atoms with Gasteiger partial charge in [0.05, 0.1) is 17.6 Å². The number of imidazole rings is 1. The zero-order valence-corrected chi connectivity index (χ0v) is 19.9. The van der Waals surface area contributed by atoms with Crippen LogP contribution in [0.5, 0.6) is 0 Å². The molecule has 0 atom stereocenters. The number of pyridine rings is 1. The highest BCUT2D eigenvalue weighted by atomic mass is 32.1. The van der Waals surface area contributed by atoms with Crippen LogP contribution in [0.4, 0.5) is 10.7 Å². The van der Waals surface area contributed by atoms with E-state index < -0.39 is 0 Å². The smallest absolute Gasteiger partial charge is 0.321 e. The lowest BCUT2D eigenvalue weighted by Gasteiger charge is -2.12. The van der Waals surface area contributed by atoms with Crippen molar-refractivity contribution in [3.8, 4) is 21.8 Å². The quantitative estimate of drug-likeness (QED) is 0.340. The molecule has 0 bridgehead atoms. The molecule has 4 aromatic heterocycles. The standard InChI is InChI=1S/C25H24N6O2S/c1-25(2,3)20-13-22(33-30-20)29-24(32)28-14-16-4-6-17(7-5-16)19-15-27-21-12-18(8-10-31(19)21)23-26-9-11-34-23/h4-13,15H,14H2,1-3H3,(H2,28,29,32). The summed E-state index contributed by atoms with van der Waals surface area (Å²) in [6, 6.07) is 13.5. The highest BCUT2D eigenvalue weighted by molar-refractivity contribution is 7.13. The maximum atomic E-state index is 12.2. The second kappa shape index (κ2) is 8.75. The van der Waals surface area contributed by atoms with E-state index in [9.17, 15) is 4.79 Å². The Labute approximate surface area is 200 Å². The van der Waals surface area contributed by atoms with Crippen LogP contribution in [0.15, 0.2) is 71.0 Å². The van der Waals surface area contributed by atoms with Gasteiger partial charge in [0.2, 0.25) is 5.88 Å². The summed E-state index contributed by atoms with van der Waals surface area (Å²) in [5.41, 5.74) is 5.58. The lowest BCUT2D eigenvalue weighted by molar-refractivity contribution is 0.251. The van der Waals surface area contributed by atoms with Crippen molar-refractivity contribution in [1.82, 2.24) is 24.8 Å². The Morgan fingerprint density at radius 3 is 2.62 bits per heavy atom. The van der Waals surface area contributed by atoms with Crippen molar-refractivity contribution in [2.75, 3.05) is 5.32 Å². The number of hydrogen-bond donors (Lipinski definition) is 2. The number of rotatable bonds is 5. The van der Waals surface area contributed by atoms with E-state index in [1.54, 1.807) is 23.6 Å². The zero-order chi connectivity index (χ0) is 23.7. The highest BCUT2D eigenvalue weighted by Gasteiger charge is 2.19. The number of thiazole rings is 1. The van der Waals surface area contributed by atoms with Gasteiger partial charge in [0.15, 0.2) is 0 Å². The molecule has 0 aliphatic heterocycles. The lowest BCUT2D eigenvalue weighted by atomic mass is 9.92. The summed E-state index contributed by atoms with van der Waals surface area (Å²) in [7, 11) is 0. The number of nitrogens with one attached hydrogen (secondary N) is 2. The van der Waals surface area contributed by atoms with Crippen LogP contribution in [0, 0.1) is 0 Å². The monoisotopic (exact) mass is 472 g/mol. The van der Waals surface area contributed by atoms with Crippen LogP contribution >= 0.6 is 11.3 Å². The Kier molecular flexibility index (Phi) is 5.62. The summed E-state index contributed by atoms with van der Waals surface area (Å²) in [4.78, 5) is 21.2. The molecule has 34 heavy (non-hydrogen) atoms. The van der Waals surface area contributed by atoms with Crippen molar-refractivity contribution in [2.24, 2.45) is 0 Å². The number of urea groups is 1. The molecular weight excluding hydrogens is 448 g/mol. The Morgan fingerprint density at radius 2 is 1.91 bits per heavy atom. The Morgan fingerprint density at radius 1 is 1.09 bits per heavy atom. The van der Waals surface area contributed by atoms with Gasteiger partial charge < -0.3 is 9.84 Å². The van der Waals surface area contributed by atoms with Gasteiger partial charge in [-0.2, -0.15) is 0 Å². The average molecular weight is 473 g/mol. The lowest BCUT2D eigenvalue weighted by Crippen LogP contribution is -2.28. The van der Waals surface area contributed by atoms with Gasteiger partial charge in [-0.3, -0.25) is 9.72 Å². The molecule has 0 aliphatic carbocycles. The molecule has 9 heteroatoms. The summed E-state index contributed by atoms with van der Waals surface area (Å²) < 4.78 is 7.26. The predicted molar refractivity (Wildman–Crippen MR) is 133 cm³/mol. The minimum atomic E-state index is -0.349. The highest BCUT2D eigenvalue weighted by Crippen LogP contribution is 2.27. The summed E-state index contributed by atoms with van der Waals surface area (Å²) in [6.07, 6.45) is 5.69. The number of carbonyl (C=O) groups excluding carboxylic acids is 1. The van der Waals surface area contributed by atoms with Crippen molar-refractivity contribution >= 4 is 28.9 Å². The summed E-state index contributed by atoms with van der Waals surface area (Å²) in [6.45, 7) is 6.48. The molecule has 0 fully saturated rings. The van der Waals surface area contributed by atoms with Crippen LogP contribution in [-0.2, 0) is 12.0 Å². The summed E-state index contributed by atoms with van der Waals surface area (Å²) >= 11 is 1.61. The number of fused-ring (bicyclic) bond motifs is 1. The second-order valence-corrected chi connectivity index (χ2v) is 9.85. The molecule has 172 valence electrons. The van der Waals surface area contributed by atoms with Crippen molar-refractivity contribution in [1.29, 1.82) is 0 Å². The molecule has 2 N–H and O–H groups in total. The van der Waals surface area contributed by atoms with Crippen LogP contribution in [0.25, 0.3) is 27.5 Å². The van der Waals surface area contributed by atoms with E-state index in [0.29, 0.717) is 12.4 Å². The molecule has 5 aromatic rings. The number of carbonyl (C=O) groups is 1. The van der Waals surface area contributed by atoms with Crippen LogP contribution in [0.3, 0.4) is 0 Å². The topological polar surface area (TPSA) is 97.3 Å². The van der Waals surface area contributed by atoms with Gasteiger partial charge in [0.1, 0.15) is 10.7 Å². The normalized spacial score (nSPS) is 11.6. The maximum Gasteiger partial charge on any atom is 0.321 e. The first-order valence-electron chi connectivity index (χ1n) is 10.9. The fourth-order valence-electron chi connectivity index (χ4n) is 3.51. The zero-order valence-electron chi connectivity index (χ0n) is 19.1. The maximum absolute atomic E-state index is 12.2. The van der Waals surface area contributed by atoms with E-state index in [4.69, 9.17) is 4.52 Å². The summed E-state index contributed by atoms with van der Waals surface area (Å²) in [5.74, 6) is 0.323. The first-order valence-corrected chi connectivity index (χ1v) is 11.7. The predicted octanol–water partition coefficient (Wildman–Crippen LogP) is 5.73. The molecular formula is C25H24N6O2S. The number of anilines is 1. The van der Waals surface area contributed by atoms with E-state index in [1.165, 1.54) is 0 Å². The Hall–Kier alpha value is -3.98. The molecule has 5 rings (SSSR count). The van der Waals surface area contributed by atoms with E-state index in [-0.39, 0.29) is 11.4 Å². The van der Waals surface area contributed by atoms with Gasteiger partial charge in [-0.15, -0.1) is 11.3 Å². The third kappa shape index (κ3) is 4.55. The second-order valence-electron chi connectivity index (χ2n) is 8.96. The van der Waals surface area contributed by atoms with Crippen LogP contribution < -0.4 is 10.6 Å². The minimum Gasteiger partial charge on any atom is -0.338 e. The van der Waals surface area contributed by atoms with Crippen molar-refractivity contribution in [3.05, 3.63) is 77.7 Å². The molecule has 0 aliphatic rings. The van der Waals surface area contributed by atoms with Gasteiger partial charge in [-0.05, 0) is 17.7 Å². The molecule has 0 radical (unpaired) electrons.